The Bertz CT molecular complexity index is 692. The SMILES string of the molecule is Cc1cccc(C(=O)N2CCC[C@H](n3nc(C)nc3C)C2)c1. The standard InChI is InChI=1S/C17H22N4O/c1-12-6-4-7-15(10-12)17(22)20-9-5-8-16(11-20)21-14(3)18-13(2)19-21/h4,6-7,10,16H,5,8-9,11H2,1-3H3/t16-/m0/s1. The van der Waals surface area contributed by atoms with Gasteiger partial charge < -0.3 is 4.90 Å². The molecule has 116 valence electrons. The van der Waals surface area contributed by atoms with Crippen molar-refractivity contribution in [2.24, 2.45) is 0 Å². The molecule has 22 heavy (non-hydrogen) atoms. The first-order valence-electron chi connectivity index (χ1n) is 7.80. The summed E-state index contributed by atoms with van der Waals surface area (Å²) in [5, 5.41) is 4.48. The van der Waals surface area contributed by atoms with Gasteiger partial charge in [0.15, 0.2) is 0 Å². The van der Waals surface area contributed by atoms with Gasteiger partial charge in [0.1, 0.15) is 11.6 Å². The number of aromatic nitrogens is 3. The molecule has 1 aliphatic heterocycles. The second kappa shape index (κ2) is 5.91. The molecule has 1 aromatic carbocycles. The quantitative estimate of drug-likeness (QED) is 0.856. The van der Waals surface area contributed by atoms with Gasteiger partial charge in [0.2, 0.25) is 0 Å². The fourth-order valence-corrected chi connectivity index (χ4v) is 3.18. The first-order valence-corrected chi connectivity index (χ1v) is 7.80. The van der Waals surface area contributed by atoms with Crippen LogP contribution in [0.2, 0.25) is 0 Å². The lowest BCUT2D eigenvalue weighted by Gasteiger charge is -2.33. The maximum atomic E-state index is 12.7. The predicted molar refractivity (Wildman–Crippen MR) is 84.8 cm³/mol. The van der Waals surface area contributed by atoms with Gasteiger partial charge >= 0.3 is 0 Å². The van der Waals surface area contributed by atoms with Crippen molar-refractivity contribution in [3.8, 4) is 0 Å². The topological polar surface area (TPSA) is 51.0 Å². The zero-order valence-electron chi connectivity index (χ0n) is 13.4. The number of hydrogen-bond donors (Lipinski definition) is 0. The summed E-state index contributed by atoms with van der Waals surface area (Å²) in [7, 11) is 0. The van der Waals surface area contributed by atoms with E-state index in [9.17, 15) is 4.79 Å². The molecule has 5 nitrogen and oxygen atoms in total. The molecule has 0 aliphatic carbocycles. The van der Waals surface area contributed by atoms with Crippen molar-refractivity contribution in [3.63, 3.8) is 0 Å². The van der Waals surface area contributed by atoms with Crippen LogP contribution in [0.15, 0.2) is 24.3 Å². The average Bonchev–Trinajstić information content (AvgIpc) is 2.85. The summed E-state index contributed by atoms with van der Waals surface area (Å²) in [5.74, 6) is 1.83. The average molecular weight is 298 g/mol. The molecular formula is C17H22N4O. The van der Waals surface area contributed by atoms with Crippen molar-refractivity contribution in [1.82, 2.24) is 19.7 Å². The molecule has 5 heteroatoms. The summed E-state index contributed by atoms with van der Waals surface area (Å²) in [6, 6.07) is 8.02. The second-order valence-electron chi connectivity index (χ2n) is 6.07. The molecule has 1 aliphatic rings. The van der Waals surface area contributed by atoms with E-state index in [4.69, 9.17) is 0 Å². The van der Waals surface area contributed by atoms with Crippen LogP contribution in [0.1, 0.15) is 46.5 Å². The van der Waals surface area contributed by atoms with Crippen molar-refractivity contribution in [3.05, 3.63) is 47.0 Å². The van der Waals surface area contributed by atoms with Crippen LogP contribution in [-0.4, -0.2) is 38.7 Å². The van der Waals surface area contributed by atoms with Crippen LogP contribution in [0.25, 0.3) is 0 Å². The molecule has 2 heterocycles. The van der Waals surface area contributed by atoms with Crippen LogP contribution in [0.4, 0.5) is 0 Å². The molecule has 0 bridgehead atoms. The fourth-order valence-electron chi connectivity index (χ4n) is 3.18. The molecule has 1 saturated heterocycles. The second-order valence-corrected chi connectivity index (χ2v) is 6.07. The molecule has 2 aromatic rings. The first-order chi connectivity index (χ1) is 10.5. The van der Waals surface area contributed by atoms with Gasteiger partial charge in [-0.05, 0) is 45.7 Å². The summed E-state index contributed by atoms with van der Waals surface area (Å²) < 4.78 is 1.98. The minimum Gasteiger partial charge on any atom is -0.337 e. The number of nitrogens with zero attached hydrogens (tertiary/aromatic N) is 4. The highest BCUT2D eigenvalue weighted by molar-refractivity contribution is 5.94. The molecule has 0 unspecified atom stereocenters. The van der Waals surface area contributed by atoms with E-state index in [-0.39, 0.29) is 11.9 Å². The molecule has 0 saturated carbocycles. The number of piperidine rings is 1. The van der Waals surface area contributed by atoms with Gasteiger partial charge in [-0.2, -0.15) is 5.10 Å². The van der Waals surface area contributed by atoms with Crippen LogP contribution in [0, 0.1) is 20.8 Å². The van der Waals surface area contributed by atoms with Gasteiger partial charge in [-0.3, -0.25) is 4.79 Å². The number of likely N-dealkylation sites (tertiary alicyclic amines) is 1. The third-order valence-electron chi connectivity index (χ3n) is 4.20. The lowest BCUT2D eigenvalue weighted by molar-refractivity contribution is 0.0671. The largest absolute Gasteiger partial charge is 0.337 e. The minimum atomic E-state index is 0.114. The number of rotatable bonds is 2. The highest BCUT2D eigenvalue weighted by Gasteiger charge is 2.27. The zero-order valence-corrected chi connectivity index (χ0v) is 13.4. The van der Waals surface area contributed by atoms with Crippen LogP contribution in [-0.2, 0) is 0 Å². The van der Waals surface area contributed by atoms with Crippen LogP contribution < -0.4 is 0 Å². The molecule has 1 aromatic heterocycles. The Hall–Kier alpha value is -2.17. The van der Waals surface area contributed by atoms with Crippen molar-refractivity contribution in [2.45, 2.75) is 39.7 Å². The number of hydrogen-bond acceptors (Lipinski definition) is 3. The van der Waals surface area contributed by atoms with E-state index in [2.05, 4.69) is 10.1 Å². The van der Waals surface area contributed by atoms with E-state index >= 15 is 0 Å². The molecule has 1 fully saturated rings. The van der Waals surface area contributed by atoms with Crippen LogP contribution in [0.3, 0.4) is 0 Å². The number of aryl methyl sites for hydroxylation is 3. The summed E-state index contributed by atoms with van der Waals surface area (Å²) in [6.07, 6.45) is 2.04. The summed E-state index contributed by atoms with van der Waals surface area (Å²) in [6.45, 7) is 7.41. The lowest BCUT2D eigenvalue weighted by atomic mass is 10.0. The van der Waals surface area contributed by atoms with Crippen molar-refractivity contribution >= 4 is 5.91 Å². The lowest BCUT2D eigenvalue weighted by Crippen LogP contribution is -2.41. The monoisotopic (exact) mass is 298 g/mol. The van der Waals surface area contributed by atoms with E-state index in [1.54, 1.807) is 0 Å². The van der Waals surface area contributed by atoms with E-state index in [1.165, 1.54) is 0 Å². The third kappa shape index (κ3) is 2.89. The van der Waals surface area contributed by atoms with Crippen molar-refractivity contribution < 1.29 is 4.79 Å². The number of carbonyl (C=O) groups excluding carboxylic acids is 1. The first kappa shape index (κ1) is 14.8. The smallest absolute Gasteiger partial charge is 0.253 e. The van der Waals surface area contributed by atoms with E-state index in [0.717, 1.165) is 42.2 Å². The molecule has 0 radical (unpaired) electrons. The van der Waals surface area contributed by atoms with Gasteiger partial charge in [0.05, 0.1) is 6.04 Å². The maximum Gasteiger partial charge on any atom is 0.253 e. The van der Waals surface area contributed by atoms with Crippen LogP contribution in [0.5, 0.6) is 0 Å². The van der Waals surface area contributed by atoms with Gasteiger partial charge in [0.25, 0.3) is 5.91 Å². The van der Waals surface area contributed by atoms with Gasteiger partial charge in [-0.1, -0.05) is 17.7 Å². The predicted octanol–water partition coefficient (Wildman–Crippen LogP) is 2.68. The zero-order chi connectivity index (χ0) is 15.7. The Morgan fingerprint density at radius 3 is 2.77 bits per heavy atom. The molecular weight excluding hydrogens is 276 g/mol. The summed E-state index contributed by atoms with van der Waals surface area (Å²) in [4.78, 5) is 19.0. The number of amides is 1. The molecule has 0 spiro atoms. The normalized spacial score (nSPS) is 18.5. The van der Waals surface area contributed by atoms with Gasteiger partial charge in [-0.15, -0.1) is 0 Å². The van der Waals surface area contributed by atoms with Gasteiger partial charge in [-0.25, -0.2) is 9.67 Å². The summed E-state index contributed by atoms with van der Waals surface area (Å²) in [5.41, 5.74) is 1.88. The van der Waals surface area contributed by atoms with Crippen molar-refractivity contribution in [2.75, 3.05) is 13.1 Å². The highest BCUT2D eigenvalue weighted by atomic mass is 16.2. The van der Waals surface area contributed by atoms with E-state index in [0.29, 0.717) is 6.54 Å². The molecule has 1 amide bonds. The van der Waals surface area contributed by atoms with Crippen molar-refractivity contribution in [1.29, 1.82) is 0 Å². The Morgan fingerprint density at radius 1 is 1.27 bits per heavy atom. The number of benzene rings is 1. The highest BCUT2D eigenvalue weighted by Crippen LogP contribution is 2.23. The minimum absolute atomic E-state index is 0.114. The fraction of sp³-hybridized carbons (Fsp3) is 0.471. The third-order valence-corrected chi connectivity index (χ3v) is 4.20. The molecule has 3 rings (SSSR count). The van der Waals surface area contributed by atoms with E-state index in [1.807, 2.05) is 54.6 Å². The van der Waals surface area contributed by atoms with Gasteiger partial charge in [0, 0.05) is 18.7 Å². The molecule has 1 atom stereocenters. The Kier molecular flexibility index (Phi) is 3.96. The Labute approximate surface area is 131 Å². The maximum absolute atomic E-state index is 12.7. The number of carbonyl (C=O) groups is 1. The Morgan fingerprint density at radius 2 is 2.09 bits per heavy atom. The summed E-state index contributed by atoms with van der Waals surface area (Å²) >= 11 is 0. The van der Waals surface area contributed by atoms with E-state index < -0.39 is 0 Å². The molecule has 0 N–H and O–H groups in total. The Balaban J connectivity index is 1.78. The van der Waals surface area contributed by atoms with Crippen LogP contribution >= 0.6 is 0 Å².